The first-order chi connectivity index (χ1) is 33.2. The summed E-state index contributed by atoms with van der Waals surface area (Å²) in [7, 11) is 0. The van der Waals surface area contributed by atoms with Crippen LogP contribution in [0.15, 0.2) is 206 Å². The predicted octanol–water partition coefficient (Wildman–Crippen LogP) is 19.4. The predicted molar refractivity (Wildman–Crippen MR) is 291 cm³/mol. The van der Waals surface area contributed by atoms with E-state index >= 15 is 0 Å². The van der Waals surface area contributed by atoms with Crippen LogP contribution in [0.2, 0.25) is 0 Å². The molecule has 304 valence electrons. The quantitative estimate of drug-likeness (QED) is 0.123. The minimum atomic E-state index is 1.25. The van der Waals surface area contributed by atoms with Crippen molar-refractivity contribution >= 4 is 129 Å². The molecule has 0 amide bonds. The Bertz CT molecular complexity index is 4590. The molecule has 0 saturated carbocycles. The van der Waals surface area contributed by atoms with Crippen molar-refractivity contribution in [2.24, 2.45) is 0 Å². The van der Waals surface area contributed by atoms with Crippen LogP contribution in [-0.2, 0) is 0 Å². The highest BCUT2D eigenvalue weighted by atomic mass is 32.1. The van der Waals surface area contributed by atoms with Crippen LogP contribution in [0.1, 0.15) is 0 Å². The standard InChI is InChI=1S/C66H34S/c1-3-11-36(12-4-1)59-54-33-52-41-18-9-16-35-17-10-19-42(58(35)41)53(52)34-55(54)60(37-13-5-2-6-14-37)66-50-30-28-47-45-25-26-48-51-31-39(57-32-38-15-7-8-20-56(38)67-57)21-22-40(51)43-23-24-44(62(45)61(43)48)46-27-29-49(65(59)66)64(50)63(46)47/h1-34H. The maximum Gasteiger partial charge on any atom is 0.0355 e. The molecular weight excluding hydrogens is 825 g/mol. The van der Waals surface area contributed by atoms with Crippen molar-refractivity contribution in [2.75, 3.05) is 0 Å². The highest BCUT2D eigenvalue weighted by Gasteiger charge is 2.29. The molecular formula is C66H34S. The molecule has 67 heavy (non-hydrogen) atoms. The van der Waals surface area contributed by atoms with Crippen molar-refractivity contribution in [1.82, 2.24) is 0 Å². The molecule has 0 fully saturated rings. The number of hydrogen-bond acceptors (Lipinski definition) is 1. The van der Waals surface area contributed by atoms with Crippen LogP contribution in [0, 0.1) is 0 Å². The number of benzene rings is 13. The summed E-state index contributed by atoms with van der Waals surface area (Å²) in [5.41, 5.74) is 11.8. The van der Waals surface area contributed by atoms with Gasteiger partial charge in [-0.25, -0.2) is 0 Å². The molecule has 0 bridgehead atoms. The largest absolute Gasteiger partial charge is 0.135 e. The average Bonchev–Trinajstić information content (AvgIpc) is 4.14. The maximum absolute atomic E-state index is 2.54. The molecule has 1 aromatic heterocycles. The van der Waals surface area contributed by atoms with Gasteiger partial charge in [-0.2, -0.15) is 0 Å². The molecule has 0 atom stereocenters. The van der Waals surface area contributed by atoms with Crippen molar-refractivity contribution in [2.45, 2.75) is 0 Å². The number of rotatable bonds is 3. The monoisotopic (exact) mass is 858 g/mol. The Labute approximate surface area is 388 Å². The fourth-order valence-electron chi connectivity index (χ4n) is 13.1. The van der Waals surface area contributed by atoms with Gasteiger partial charge in [-0.15, -0.1) is 11.3 Å². The lowest BCUT2D eigenvalue weighted by molar-refractivity contribution is 1.68. The van der Waals surface area contributed by atoms with Crippen molar-refractivity contribution in [3.05, 3.63) is 206 Å². The summed E-state index contributed by atoms with van der Waals surface area (Å²) in [6.45, 7) is 0. The number of fused-ring (bicyclic) bond motifs is 13. The second-order valence-corrected chi connectivity index (χ2v) is 20.0. The zero-order valence-electron chi connectivity index (χ0n) is 36.0. The third kappa shape index (κ3) is 4.30. The molecule has 1 aliphatic rings. The summed E-state index contributed by atoms with van der Waals surface area (Å²) in [6, 6.07) is 78.8. The van der Waals surface area contributed by atoms with Crippen LogP contribution in [0.5, 0.6) is 0 Å². The Morgan fingerprint density at radius 3 is 1.31 bits per heavy atom. The van der Waals surface area contributed by atoms with E-state index in [-0.39, 0.29) is 0 Å². The van der Waals surface area contributed by atoms with E-state index in [1.807, 2.05) is 11.3 Å². The molecule has 16 aromatic rings. The molecule has 15 aromatic carbocycles. The third-order valence-corrected chi connectivity index (χ3v) is 17.0. The molecule has 0 aliphatic heterocycles. The van der Waals surface area contributed by atoms with E-state index in [9.17, 15) is 0 Å². The molecule has 0 unspecified atom stereocenters. The first-order valence-electron chi connectivity index (χ1n) is 23.4. The van der Waals surface area contributed by atoms with Crippen molar-refractivity contribution < 1.29 is 0 Å². The fraction of sp³-hybridized carbons (Fsp3) is 0. The Morgan fingerprint density at radius 1 is 0.224 bits per heavy atom. The van der Waals surface area contributed by atoms with Crippen molar-refractivity contribution in [1.29, 1.82) is 0 Å². The van der Waals surface area contributed by atoms with E-state index in [0.717, 1.165) is 0 Å². The van der Waals surface area contributed by atoms with Gasteiger partial charge < -0.3 is 0 Å². The fourth-order valence-corrected chi connectivity index (χ4v) is 14.2. The van der Waals surface area contributed by atoms with Gasteiger partial charge in [0.15, 0.2) is 0 Å². The lowest BCUT2D eigenvalue weighted by Crippen LogP contribution is -1.89. The van der Waals surface area contributed by atoms with Crippen LogP contribution in [-0.4, -0.2) is 0 Å². The van der Waals surface area contributed by atoms with Crippen LogP contribution < -0.4 is 0 Å². The Kier molecular flexibility index (Phi) is 6.42. The zero-order chi connectivity index (χ0) is 43.2. The highest BCUT2D eigenvalue weighted by molar-refractivity contribution is 7.22. The molecule has 17 rings (SSSR count). The molecule has 0 spiro atoms. The number of thiophene rings is 1. The van der Waals surface area contributed by atoms with E-state index in [1.165, 1.54) is 173 Å². The molecule has 1 heteroatoms. The van der Waals surface area contributed by atoms with E-state index in [1.54, 1.807) is 0 Å². The summed E-state index contributed by atoms with van der Waals surface area (Å²) < 4.78 is 1.33. The molecule has 0 radical (unpaired) electrons. The van der Waals surface area contributed by atoms with E-state index < -0.39 is 0 Å². The second kappa shape index (κ2) is 12.3. The summed E-state index contributed by atoms with van der Waals surface area (Å²) in [6.07, 6.45) is 0. The lowest BCUT2D eigenvalue weighted by Gasteiger charge is -2.17. The zero-order valence-corrected chi connectivity index (χ0v) is 36.9. The van der Waals surface area contributed by atoms with E-state index in [2.05, 4.69) is 206 Å². The summed E-state index contributed by atoms with van der Waals surface area (Å²) >= 11 is 1.88. The highest BCUT2D eigenvalue weighted by Crippen LogP contribution is 2.57. The normalized spacial score (nSPS) is 12.8. The third-order valence-electron chi connectivity index (χ3n) is 15.8. The Hall–Kier alpha value is -8.36. The van der Waals surface area contributed by atoms with E-state index in [4.69, 9.17) is 0 Å². The molecule has 0 nitrogen and oxygen atoms in total. The van der Waals surface area contributed by atoms with Gasteiger partial charge in [0.2, 0.25) is 0 Å². The van der Waals surface area contributed by atoms with Gasteiger partial charge in [0, 0.05) is 9.58 Å². The summed E-state index contributed by atoms with van der Waals surface area (Å²) in [4.78, 5) is 1.32. The van der Waals surface area contributed by atoms with Gasteiger partial charge in [0.25, 0.3) is 0 Å². The topological polar surface area (TPSA) is 0 Å². The SMILES string of the molecule is c1ccc(-c2c3cc4c(cc3c(-c3ccccc3)c3c5ccc6c7ccc8c9c(ccc(c%10ccc(c23)c5c%106)c97)-c2ccc(-c3cc5ccccc5s3)cc2-8)c2cccc3cccc4c32)cc1. The van der Waals surface area contributed by atoms with Crippen molar-refractivity contribution in [3.8, 4) is 54.9 Å². The molecule has 1 aliphatic carbocycles. The Morgan fingerprint density at radius 2 is 0.701 bits per heavy atom. The average molecular weight is 859 g/mol. The first-order valence-corrected chi connectivity index (χ1v) is 24.2. The maximum atomic E-state index is 2.54. The van der Waals surface area contributed by atoms with Gasteiger partial charge in [-0.1, -0.05) is 176 Å². The first kappa shape index (κ1) is 35.0. The Balaban J connectivity index is 1.01. The van der Waals surface area contributed by atoms with Gasteiger partial charge >= 0.3 is 0 Å². The van der Waals surface area contributed by atoms with Crippen molar-refractivity contribution in [3.63, 3.8) is 0 Å². The minimum absolute atomic E-state index is 1.25. The number of hydrogen-bond donors (Lipinski definition) is 0. The van der Waals surface area contributed by atoms with Gasteiger partial charge in [-0.05, 0) is 194 Å². The van der Waals surface area contributed by atoms with Gasteiger partial charge in [0.05, 0.1) is 0 Å². The van der Waals surface area contributed by atoms with Crippen LogP contribution in [0.25, 0.3) is 173 Å². The molecule has 0 N–H and O–H groups in total. The van der Waals surface area contributed by atoms with Crippen LogP contribution in [0.4, 0.5) is 0 Å². The van der Waals surface area contributed by atoms with Gasteiger partial charge in [0.1, 0.15) is 0 Å². The lowest BCUT2D eigenvalue weighted by atomic mass is 9.85. The second-order valence-electron chi connectivity index (χ2n) is 18.9. The van der Waals surface area contributed by atoms with Crippen LogP contribution >= 0.6 is 11.3 Å². The minimum Gasteiger partial charge on any atom is -0.135 e. The smallest absolute Gasteiger partial charge is 0.0355 e. The molecule has 0 saturated heterocycles. The van der Waals surface area contributed by atoms with Gasteiger partial charge in [-0.3, -0.25) is 0 Å². The summed E-state index contributed by atoms with van der Waals surface area (Å²) in [5, 5.41) is 28.0. The molecule has 1 heterocycles. The van der Waals surface area contributed by atoms with Crippen LogP contribution in [0.3, 0.4) is 0 Å². The van der Waals surface area contributed by atoms with E-state index in [0.29, 0.717) is 0 Å². The summed E-state index contributed by atoms with van der Waals surface area (Å²) in [5.74, 6) is 0.